The number of carbonyl (C=O) groups excluding carboxylic acids is 1. The Hall–Kier alpha value is -1.82. The van der Waals surface area contributed by atoms with Gasteiger partial charge in [0.05, 0.1) is 25.9 Å². The number of ether oxygens (including phenoxy) is 3. The summed E-state index contributed by atoms with van der Waals surface area (Å²) in [5.41, 5.74) is 0.0181. The number of hydrogen-bond donors (Lipinski definition) is 0. The Morgan fingerprint density at radius 2 is 2.17 bits per heavy atom. The number of pyridine rings is 1. The molecule has 1 aliphatic heterocycles. The number of amides is 1. The second-order valence-electron chi connectivity index (χ2n) is 7.06. The van der Waals surface area contributed by atoms with Gasteiger partial charge in [-0.25, -0.2) is 9.78 Å². The van der Waals surface area contributed by atoms with Crippen molar-refractivity contribution < 1.29 is 19.0 Å². The van der Waals surface area contributed by atoms with Crippen molar-refractivity contribution in [1.82, 2.24) is 9.88 Å². The van der Waals surface area contributed by atoms with E-state index in [1.54, 1.807) is 18.2 Å². The van der Waals surface area contributed by atoms with Crippen molar-refractivity contribution in [2.24, 2.45) is 0 Å². The molecule has 1 aromatic rings. The monoisotopic (exact) mass is 322 g/mol. The van der Waals surface area contributed by atoms with E-state index < -0.39 is 11.2 Å². The molecule has 6 heteroatoms. The summed E-state index contributed by atoms with van der Waals surface area (Å²) in [7, 11) is 1.59. The van der Waals surface area contributed by atoms with E-state index in [1.807, 2.05) is 39.8 Å². The molecule has 1 fully saturated rings. The van der Waals surface area contributed by atoms with Crippen LogP contribution in [0.3, 0.4) is 0 Å². The summed E-state index contributed by atoms with van der Waals surface area (Å²) in [6.45, 7) is 9.16. The summed E-state index contributed by atoms with van der Waals surface area (Å²) in [6, 6.07) is 3.78. The Morgan fingerprint density at radius 1 is 1.43 bits per heavy atom. The molecule has 1 saturated heterocycles. The van der Waals surface area contributed by atoms with Crippen LogP contribution in [-0.2, 0) is 16.1 Å². The van der Waals surface area contributed by atoms with Crippen LogP contribution in [0, 0.1) is 0 Å². The maximum atomic E-state index is 12.1. The van der Waals surface area contributed by atoms with Crippen molar-refractivity contribution in [2.45, 2.75) is 51.9 Å². The van der Waals surface area contributed by atoms with Crippen LogP contribution in [-0.4, -0.2) is 47.4 Å². The molecule has 128 valence electrons. The Morgan fingerprint density at radius 3 is 2.83 bits per heavy atom. The molecule has 0 N–H and O–H groups in total. The minimum absolute atomic E-state index is 0.288. The third-order valence-corrected chi connectivity index (χ3v) is 3.71. The third kappa shape index (κ3) is 4.82. The molecule has 1 atom stereocenters. The van der Waals surface area contributed by atoms with Gasteiger partial charge in [-0.1, -0.05) is 0 Å². The molecule has 2 rings (SSSR count). The van der Waals surface area contributed by atoms with E-state index in [-0.39, 0.29) is 6.09 Å². The Labute approximate surface area is 137 Å². The van der Waals surface area contributed by atoms with E-state index in [9.17, 15) is 4.79 Å². The van der Waals surface area contributed by atoms with Gasteiger partial charge in [0.2, 0.25) is 5.88 Å². The van der Waals surface area contributed by atoms with Gasteiger partial charge in [0.1, 0.15) is 5.60 Å². The second kappa shape index (κ2) is 6.74. The van der Waals surface area contributed by atoms with Crippen LogP contribution in [0.1, 0.15) is 39.7 Å². The second-order valence-corrected chi connectivity index (χ2v) is 7.06. The minimum atomic E-state index is -0.486. The highest BCUT2D eigenvalue weighted by Crippen LogP contribution is 2.28. The maximum Gasteiger partial charge on any atom is 0.410 e. The quantitative estimate of drug-likeness (QED) is 0.853. The molecular weight excluding hydrogens is 296 g/mol. The van der Waals surface area contributed by atoms with Crippen LogP contribution >= 0.6 is 0 Å². The van der Waals surface area contributed by atoms with Gasteiger partial charge in [0.15, 0.2) is 0 Å². The summed E-state index contributed by atoms with van der Waals surface area (Å²) in [6.07, 6.45) is 2.17. The van der Waals surface area contributed by atoms with Gasteiger partial charge in [-0.3, -0.25) is 0 Å². The lowest BCUT2D eigenvalue weighted by Gasteiger charge is -2.27. The standard InChI is InChI=1S/C17H26N2O4/c1-16(2,3)23-15(20)19-10-8-17(4,12-19)22-11-13-7-6-9-18-14(13)21-5/h6-7,9H,8,10-12H2,1-5H3. The molecule has 1 amide bonds. The SMILES string of the molecule is COc1ncccc1COC1(C)CCN(C(=O)OC(C)(C)C)C1. The summed E-state index contributed by atoms with van der Waals surface area (Å²) >= 11 is 0. The molecule has 0 bridgehead atoms. The van der Waals surface area contributed by atoms with E-state index >= 15 is 0 Å². The lowest BCUT2D eigenvalue weighted by molar-refractivity contribution is -0.0381. The molecule has 6 nitrogen and oxygen atoms in total. The fourth-order valence-corrected chi connectivity index (χ4v) is 2.50. The fourth-order valence-electron chi connectivity index (χ4n) is 2.50. The first-order valence-electron chi connectivity index (χ1n) is 7.82. The van der Waals surface area contributed by atoms with Gasteiger partial charge in [-0.15, -0.1) is 0 Å². The lowest BCUT2D eigenvalue weighted by Crippen LogP contribution is -2.39. The topological polar surface area (TPSA) is 60.9 Å². The van der Waals surface area contributed by atoms with Gasteiger partial charge in [-0.2, -0.15) is 0 Å². The molecule has 0 aromatic carbocycles. The van der Waals surface area contributed by atoms with Crippen molar-refractivity contribution in [2.75, 3.05) is 20.2 Å². The summed E-state index contributed by atoms with van der Waals surface area (Å²) in [4.78, 5) is 18.0. The Bertz CT molecular complexity index is 556. The summed E-state index contributed by atoms with van der Waals surface area (Å²) < 4.78 is 16.7. The maximum absolute atomic E-state index is 12.1. The van der Waals surface area contributed by atoms with Crippen LogP contribution < -0.4 is 4.74 Å². The number of carbonyl (C=O) groups is 1. The molecule has 23 heavy (non-hydrogen) atoms. The number of rotatable bonds is 4. The highest BCUT2D eigenvalue weighted by molar-refractivity contribution is 5.68. The molecule has 1 aliphatic rings. The number of hydrogen-bond acceptors (Lipinski definition) is 5. The van der Waals surface area contributed by atoms with Gasteiger partial charge < -0.3 is 19.1 Å². The molecule has 1 unspecified atom stereocenters. The zero-order chi connectivity index (χ0) is 17.1. The predicted molar refractivity (Wildman–Crippen MR) is 86.4 cm³/mol. The van der Waals surface area contributed by atoms with Crippen molar-refractivity contribution >= 4 is 6.09 Å². The van der Waals surface area contributed by atoms with Crippen LogP contribution in [0.2, 0.25) is 0 Å². The molecule has 0 spiro atoms. The average molecular weight is 322 g/mol. The minimum Gasteiger partial charge on any atom is -0.481 e. The van der Waals surface area contributed by atoms with Crippen molar-refractivity contribution in [3.63, 3.8) is 0 Å². The first-order chi connectivity index (χ1) is 10.7. The van der Waals surface area contributed by atoms with Crippen LogP contribution in [0.15, 0.2) is 18.3 Å². The normalized spacial score (nSPS) is 21.3. The Kier molecular flexibility index (Phi) is 5.14. The van der Waals surface area contributed by atoms with Crippen molar-refractivity contribution in [3.05, 3.63) is 23.9 Å². The van der Waals surface area contributed by atoms with Gasteiger partial charge in [-0.05, 0) is 46.2 Å². The molecule has 0 saturated carbocycles. The molecule has 2 heterocycles. The highest BCUT2D eigenvalue weighted by atomic mass is 16.6. The highest BCUT2D eigenvalue weighted by Gasteiger charge is 2.38. The average Bonchev–Trinajstić information content (AvgIpc) is 2.87. The lowest BCUT2D eigenvalue weighted by atomic mass is 10.1. The zero-order valence-electron chi connectivity index (χ0n) is 14.6. The van der Waals surface area contributed by atoms with E-state index in [1.165, 1.54) is 0 Å². The van der Waals surface area contributed by atoms with Crippen LogP contribution in [0.4, 0.5) is 4.79 Å². The number of likely N-dealkylation sites (tertiary alicyclic amines) is 1. The van der Waals surface area contributed by atoms with Crippen molar-refractivity contribution in [1.29, 1.82) is 0 Å². The molecule has 1 aromatic heterocycles. The molecule has 0 aliphatic carbocycles. The number of aromatic nitrogens is 1. The van der Waals surface area contributed by atoms with Crippen molar-refractivity contribution in [3.8, 4) is 5.88 Å². The predicted octanol–water partition coefficient (Wildman–Crippen LogP) is 3.01. The van der Waals surface area contributed by atoms with E-state index in [4.69, 9.17) is 14.2 Å². The summed E-state index contributed by atoms with van der Waals surface area (Å²) in [5, 5.41) is 0. The van der Waals surface area contributed by atoms with E-state index in [0.29, 0.717) is 25.6 Å². The summed E-state index contributed by atoms with van der Waals surface area (Å²) in [5.74, 6) is 0.568. The van der Waals surface area contributed by atoms with Gasteiger partial charge >= 0.3 is 6.09 Å². The van der Waals surface area contributed by atoms with Gasteiger partial charge in [0.25, 0.3) is 0 Å². The van der Waals surface area contributed by atoms with E-state index in [0.717, 1.165) is 12.0 Å². The third-order valence-electron chi connectivity index (χ3n) is 3.71. The number of nitrogens with zero attached hydrogens (tertiary/aromatic N) is 2. The largest absolute Gasteiger partial charge is 0.481 e. The first-order valence-corrected chi connectivity index (χ1v) is 7.82. The number of methoxy groups -OCH3 is 1. The molecule has 0 radical (unpaired) electrons. The smallest absolute Gasteiger partial charge is 0.410 e. The Balaban J connectivity index is 1.92. The fraction of sp³-hybridized carbons (Fsp3) is 0.647. The zero-order valence-corrected chi connectivity index (χ0v) is 14.6. The van der Waals surface area contributed by atoms with Gasteiger partial charge in [0, 0.05) is 18.3 Å². The molecular formula is C17H26N2O4. The first kappa shape index (κ1) is 17.5. The van der Waals surface area contributed by atoms with Crippen LogP contribution in [0.5, 0.6) is 5.88 Å². The van der Waals surface area contributed by atoms with E-state index in [2.05, 4.69) is 4.98 Å². The van der Waals surface area contributed by atoms with Crippen LogP contribution in [0.25, 0.3) is 0 Å².